The summed E-state index contributed by atoms with van der Waals surface area (Å²) in [4.78, 5) is 0. The van der Waals surface area contributed by atoms with E-state index in [-0.39, 0.29) is 0 Å². The van der Waals surface area contributed by atoms with Crippen molar-refractivity contribution >= 4 is 11.4 Å². The van der Waals surface area contributed by atoms with Gasteiger partial charge in [-0.3, -0.25) is 0 Å². The minimum atomic E-state index is 0.853. The molecule has 0 saturated heterocycles. The van der Waals surface area contributed by atoms with Crippen LogP contribution in [0.5, 0.6) is 0 Å². The third-order valence-electron chi connectivity index (χ3n) is 16.2. The van der Waals surface area contributed by atoms with Crippen molar-refractivity contribution in [2.45, 2.75) is 361 Å². The normalized spacial score (nSPS) is 12.3. The first kappa shape index (κ1) is 72.2. The average Bonchev–Trinajstić information content (AvgIpc) is 4.04. The molecule has 3 rings (SSSR count). The van der Waals surface area contributed by atoms with Gasteiger partial charge in [-0.1, -0.05) is 205 Å². The van der Waals surface area contributed by atoms with Crippen LogP contribution in [0, 0.1) is 23.7 Å². The van der Waals surface area contributed by atoms with Crippen molar-refractivity contribution in [3.63, 3.8) is 0 Å². The zero-order chi connectivity index (χ0) is 56.7. The van der Waals surface area contributed by atoms with Gasteiger partial charge in [-0.15, -0.1) is 23.7 Å². The molecule has 2 aromatic carbocycles. The van der Waals surface area contributed by atoms with Crippen LogP contribution >= 0.6 is 0 Å². The van der Waals surface area contributed by atoms with E-state index < -0.39 is 0 Å². The van der Waals surface area contributed by atoms with Crippen molar-refractivity contribution < 1.29 is 19.1 Å². The molecule has 3 heteroatoms. The van der Waals surface area contributed by atoms with E-state index in [1.807, 2.05) is 14.4 Å². The Morgan fingerprint density at radius 3 is 0.937 bits per heavy atom. The van der Waals surface area contributed by atoms with Gasteiger partial charge in [-0.05, 0) is 74.6 Å². The third kappa shape index (κ3) is 36.4. The SMILES string of the molecule is CCCCCCCCCCCC#CCCc1ccccc1C1=C(CCCC)C(CCCCCCCC)=C(c2ccccc2CCC#CCCCCCCCCCCC)[N+]1=[N-].CCCCCCCC[CH2][Ni][CH2]CCCCCCCC. The Balaban J connectivity index is 0.000000950. The molecule has 0 atom stereocenters. The van der Waals surface area contributed by atoms with Gasteiger partial charge in [0.15, 0.2) is 0 Å². The quantitative estimate of drug-likeness (QED) is 0.0273. The molecule has 450 valence electrons. The Morgan fingerprint density at radius 1 is 0.304 bits per heavy atom. The molecule has 2 nitrogen and oxygen atoms in total. The summed E-state index contributed by atoms with van der Waals surface area (Å²) in [6.07, 6.45) is 62.0. The molecule has 0 aromatic heterocycles. The van der Waals surface area contributed by atoms with E-state index >= 15 is 0 Å². The summed E-state index contributed by atoms with van der Waals surface area (Å²) in [7, 11) is 0. The van der Waals surface area contributed by atoms with Crippen LogP contribution in [-0.4, -0.2) is 4.70 Å². The minimum absolute atomic E-state index is 0.853. The molecule has 2 aromatic rings. The Labute approximate surface area is 499 Å². The van der Waals surface area contributed by atoms with Crippen LogP contribution in [0.1, 0.15) is 359 Å². The second kappa shape index (κ2) is 54.4. The summed E-state index contributed by atoms with van der Waals surface area (Å²) < 4.78 is 1.61. The van der Waals surface area contributed by atoms with Gasteiger partial charge in [0.1, 0.15) is 0 Å². The number of benzene rings is 2. The summed E-state index contributed by atoms with van der Waals surface area (Å²) in [6.45, 7) is 13.7. The van der Waals surface area contributed by atoms with E-state index in [1.165, 1.54) is 282 Å². The van der Waals surface area contributed by atoms with Crippen LogP contribution in [0.4, 0.5) is 0 Å². The fourth-order valence-electron chi connectivity index (χ4n) is 11.2. The molecule has 0 spiro atoms. The van der Waals surface area contributed by atoms with E-state index in [0.29, 0.717) is 0 Å². The van der Waals surface area contributed by atoms with Gasteiger partial charge in [-0.25, -0.2) is 4.70 Å². The van der Waals surface area contributed by atoms with Crippen molar-refractivity contribution in [2.75, 3.05) is 0 Å². The average molecular weight is 1130 g/mol. The fraction of sp³-hybridized carbons (Fsp3) is 0.737. The van der Waals surface area contributed by atoms with Gasteiger partial charge in [0.05, 0.1) is 0 Å². The van der Waals surface area contributed by atoms with E-state index in [9.17, 15) is 5.53 Å². The molecule has 0 unspecified atom stereocenters. The maximum atomic E-state index is 12.5. The molecule has 0 bridgehead atoms. The second-order valence-corrected chi connectivity index (χ2v) is 25.0. The first-order valence-corrected chi connectivity index (χ1v) is 36.0. The van der Waals surface area contributed by atoms with Crippen LogP contribution in [-0.2, 0) is 27.3 Å². The number of aryl methyl sites for hydroxylation is 2. The van der Waals surface area contributed by atoms with Gasteiger partial charge < -0.3 is 5.53 Å². The molecule has 0 radical (unpaired) electrons. The van der Waals surface area contributed by atoms with Gasteiger partial charge in [0, 0.05) is 48.0 Å². The topological polar surface area (TPSA) is 25.3 Å². The molecule has 0 amide bonds. The number of hydrogen-bond acceptors (Lipinski definition) is 0. The Bertz CT molecular complexity index is 1930. The summed E-state index contributed by atoms with van der Waals surface area (Å²) in [5, 5.41) is 2.85. The molecular formula is C76H126N2Ni. The number of nitrogens with zero attached hydrogens (tertiary/aromatic N) is 2. The van der Waals surface area contributed by atoms with Crippen molar-refractivity contribution in [3.05, 3.63) is 87.5 Å². The van der Waals surface area contributed by atoms with Crippen molar-refractivity contribution in [1.82, 2.24) is 0 Å². The Kier molecular flexibility index (Phi) is 49.7. The summed E-state index contributed by atoms with van der Waals surface area (Å²) in [5.74, 6) is 14.0. The standard InChI is InChI=1S/C58H88N2.2C9H19.Ni/c1-5-9-13-16-19-21-23-25-27-29-31-33-36-43-51-45-39-41-48-53(51)57-55(47-12-8-4)56(50-38-35-18-15-11-7-3)58(60(57)59)54-49-42-40-46-52(54)44-37-34-32-30-28-26-24-22-20-17-14-10-6-2;2*1-3-5-7-9-8-6-4-2;/h39-42,45-46,48-49H,5-30,35-38,43-44,47,50H2,1-4H3;2*1,3-9H2,2H3;. The van der Waals surface area contributed by atoms with E-state index in [1.54, 1.807) is 4.70 Å². The second-order valence-electron chi connectivity index (χ2n) is 23.5. The molecule has 0 fully saturated rings. The predicted octanol–water partition coefficient (Wildman–Crippen LogP) is 25.9. The van der Waals surface area contributed by atoms with Crippen LogP contribution in [0.2, 0.25) is 10.8 Å². The van der Waals surface area contributed by atoms with Gasteiger partial charge in [0.25, 0.3) is 0 Å². The fourth-order valence-corrected chi connectivity index (χ4v) is 12.5. The first-order chi connectivity index (χ1) is 39.1. The van der Waals surface area contributed by atoms with Gasteiger partial charge in [-0.2, -0.15) is 0 Å². The molecular weight excluding hydrogens is 1000 g/mol. The van der Waals surface area contributed by atoms with Crippen molar-refractivity contribution in [3.8, 4) is 23.7 Å². The number of allylic oxidation sites excluding steroid dienone is 2. The molecule has 79 heavy (non-hydrogen) atoms. The van der Waals surface area contributed by atoms with Crippen LogP contribution in [0.25, 0.3) is 16.9 Å². The molecule has 0 N–H and O–H groups in total. The van der Waals surface area contributed by atoms with Crippen molar-refractivity contribution in [1.29, 1.82) is 0 Å². The zero-order valence-electron chi connectivity index (χ0n) is 53.2. The molecule has 1 heterocycles. The predicted molar refractivity (Wildman–Crippen MR) is 349 cm³/mol. The number of unbranched alkanes of at least 4 members (excludes halogenated alkanes) is 36. The van der Waals surface area contributed by atoms with E-state index in [0.717, 1.165) is 82.0 Å². The summed E-state index contributed by atoms with van der Waals surface area (Å²) >= 11 is 2.01. The van der Waals surface area contributed by atoms with Gasteiger partial charge >= 0.3 is 129 Å². The molecule has 0 saturated carbocycles. The first-order valence-electron chi connectivity index (χ1n) is 34.6. The summed E-state index contributed by atoms with van der Waals surface area (Å²) in [6, 6.07) is 17.7. The van der Waals surface area contributed by atoms with Crippen LogP contribution in [0.15, 0.2) is 59.7 Å². The van der Waals surface area contributed by atoms with Crippen LogP contribution in [0.3, 0.4) is 0 Å². The van der Waals surface area contributed by atoms with E-state index in [4.69, 9.17) is 0 Å². The van der Waals surface area contributed by atoms with E-state index in [2.05, 4.69) is 114 Å². The Hall–Kier alpha value is -2.87. The van der Waals surface area contributed by atoms with Crippen LogP contribution < -0.4 is 0 Å². The van der Waals surface area contributed by atoms with Crippen molar-refractivity contribution in [2.24, 2.45) is 0 Å². The third-order valence-corrected chi connectivity index (χ3v) is 17.6. The number of rotatable bonds is 50. The molecule has 1 aliphatic heterocycles. The monoisotopic (exact) mass is 1120 g/mol. The summed E-state index contributed by atoms with van der Waals surface area (Å²) in [5.41, 5.74) is 22.2. The molecule has 0 aliphatic carbocycles. The zero-order valence-corrected chi connectivity index (χ0v) is 54.2. The maximum absolute atomic E-state index is 12.5. The molecule has 1 aliphatic rings. The number of hydrogen-bond donors (Lipinski definition) is 0. The van der Waals surface area contributed by atoms with Gasteiger partial charge in [0.2, 0.25) is 11.4 Å². The Morgan fingerprint density at radius 2 is 0.582 bits per heavy atom.